The van der Waals surface area contributed by atoms with E-state index in [9.17, 15) is 8.42 Å². The first-order chi connectivity index (χ1) is 8.55. The highest BCUT2D eigenvalue weighted by Crippen LogP contribution is 2.27. The van der Waals surface area contributed by atoms with Crippen LogP contribution in [-0.2, 0) is 10.2 Å². The van der Waals surface area contributed by atoms with E-state index in [-0.39, 0.29) is 6.04 Å². The Morgan fingerprint density at radius 1 is 1.44 bits per heavy atom. The van der Waals surface area contributed by atoms with Crippen LogP contribution in [0.1, 0.15) is 19.3 Å². The molecule has 0 amide bonds. The summed E-state index contributed by atoms with van der Waals surface area (Å²) in [6.07, 6.45) is 2.93. The summed E-state index contributed by atoms with van der Waals surface area (Å²) in [5, 5.41) is 0. The third-order valence-electron chi connectivity index (χ3n) is 3.81. The normalized spacial score (nSPS) is 31.1. The van der Waals surface area contributed by atoms with Crippen LogP contribution in [0.5, 0.6) is 0 Å². The second-order valence-electron chi connectivity index (χ2n) is 5.06. The first-order valence-corrected chi connectivity index (χ1v) is 9.51. The van der Waals surface area contributed by atoms with Crippen LogP contribution in [0.4, 0.5) is 0 Å². The molecular weight excluding hydrogens is 292 g/mol. The minimum atomic E-state index is -3.29. The zero-order valence-electron chi connectivity index (χ0n) is 10.7. The van der Waals surface area contributed by atoms with Gasteiger partial charge in [-0.05, 0) is 30.9 Å². The molecule has 0 aromatic carbocycles. The van der Waals surface area contributed by atoms with E-state index in [1.165, 1.54) is 0 Å². The predicted octanol–water partition coefficient (Wildman–Crippen LogP) is 1.62. The number of hydrogen-bond acceptors (Lipinski definition) is 3. The lowest BCUT2D eigenvalue weighted by molar-refractivity contribution is 0.257. The monoisotopic (exact) mass is 312 g/mol. The van der Waals surface area contributed by atoms with E-state index in [0.717, 1.165) is 30.8 Å². The highest BCUT2D eigenvalue weighted by atomic mass is 35.5. The molecule has 0 spiro atoms. The average Bonchev–Trinajstić information content (AvgIpc) is 2.91. The van der Waals surface area contributed by atoms with Crippen molar-refractivity contribution < 1.29 is 8.42 Å². The molecule has 2 heterocycles. The van der Waals surface area contributed by atoms with Crippen LogP contribution in [0.25, 0.3) is 0 Å². The predicted molar refractivity (Wildman–Crippen MR) is 77.4 cm³/mol. The molecule has 2 saturated heterocycles. The summed E-state index contributed by atoms with van der Waals surface area (Å²) >= 11 is 7.70. The summed E-state index contributed by atoms with van der Waals surface area (Å²) in [7, 11) is -1.58. The van der Waals surface area contributed by atoms with Crippen molar-refractivity contribution >= 4 is 33.6 Å². The zero-order chi connectivity index (χ0) is 13.2. The summed E-state index contributed by atoms with van der Waals surface area (Å²) in [4.78, 5) is 0. The molecular formula is C11H21ClN2O2S2. The molecule has 0 saturated carbocycles. The fourth-order valence-corrected chi connectivity index (χ4v) is 5.84. The molecule has 0 N–H and O–H groups in total. The molecule has 2 rings (SSSR count). The van der Waals surface area contributed by atoms with Gasteiger partial charge in [-0.3, -0.25) is 0 Å². The van der Waals surface area contributed by atoms with Gasteiger partial charge < -0.3 is 0 Å². The van der Waals surface area contributed by atoms with Gasteiger partial charge in [0.15, 0.2) is 0 Å². The Kier molecular flexibility index (Phi) is 5.22. The highest BCUT2D eigenvalue weighted by molar-refractivity contribution is 7.99. The molecule has 2 fully saturated rings. The Bertz CT molecular complexity index is 371. The van der Waals surface area contributed by atoms with Gasteiger partial charge in [-0.1, -0.05) is 0 Å². The molecule has 2 atom stereocenters. The van der Waals surface area contributed by atoms with Crippen molar-refractivity contribution in [2.24, 2.45) is 5.92 Å². The summed E-state index contributed by atoms with van der Waals surface area (Å²) in [6.45, 7) is 1.22. The molecule has 0 aliphatic carbocycles. The second-order valence-corrected chi connectivity index (χ2v) is 8.51. The van der Waals surface area contributed by atoms with E-state index in [1.54, 1.807) is 15.7 Å². The third kappa shape index (κ3) is 3.15. The first kappa shape index (κ1) is 14.9. The molecule has 2 aliphatic rings. The van der Waals surface area contributed by atoms with Crippen molar-refractivity contribution in [3.63, 3.8) is 0 Å². The molecule has 4 nitrogen and oxygen atoms in total. The smallest absolute Gasteiger partial charge is 0.195 e. The van der Waals surface area contributed by atoms with Gasteiger partial charge in [0.25, 0.3) is 10.2 Å². The molecule has 0 radical (unpaired) electrons. The SMILES string of the molecule is CN(C1CCSC1)S(=O)(=O)N1CCCC(CCl)C1. The summed E-state index contributed by atoms with van der Waals surface area (Å²) in [6, 6.07) is 0.163. The van der Waals surface area contributed by atoms with Gasteiger partial charge in [0.1, 0.15) is 0 Å². The summed E-state index contributed by atoms with van der Waals surface area (Å²) in [5.41, 5.74) is 0. The second kappa shape index (κ2) is 6.31. The summed E-state index contributed by atoms with van der Waals surface area (Å²) in [5.74, 6) is 2.84. The van der Waals surface area contributed by atoms with Crippen molar-refractivity contribution in [1.29, 1.82) is 0 Å². The molecule has 2 aliphatic heterocycles. The Labute approximate surface area is 119 Å². The van der Waals surface area contributed by atoms with E-state index in [1.807, 2.05) is 11.8 Å². The number of nitrogens with zero attached hydrogens (tertiary/aromatic N) is 2. The van der Waals surface area contributed by atoms with Crippen LogP contribution in [0, 0.1) is 5.92 Å². The Balaban J connectivity index is 2.04. The van der Waals surface area contributed by atoms with E-state index in [4.69, 9.17) is 11.6 Å². The molecule has 0 aromatic heterocycles. The largest absolute Gasteiger partial charge is 0.282 e. The maximum absolute atomic E-state index is 12.5. The third-order valence-corrected chi connectivity index (χ3v) is 7.40. The molecule has 18 heavy (non-hydrogen) atoms. The van der Waals surface area contributed by atoms with Crippen LogP contribution in [0.2, 0.25) is 0 Å². The van der Waals surface area contributed by atoms with Gasteiger partial charge >= 0.3 is 0 Å². The van der Waals surface area contributed by atoms with Gasteiger partial charge in [0.05, 0.1) is 0 Å². The van der Waals surface area contributed by atoms with Crippen LogP contribution >= 0.6 is 23.4 Å². The lowest BCUT2D eigenvalue weighted by Gasteiger charge is -2.35. The van der Waals surface area contributed by atoms with Crippen LogP contribution in [-0.4, -0.2) is 60.6 Å². The number of halogens is 1. The van der Waals surface area contributed by atoms with Crippen LogP contribution in [0.3, 0.4) is 0 Å². The number of rotatable bonds is 4. The van der Waals surface area contributed by atoms with Crippen LogP contribution < -0.4 is 0 Å². The maximum atomic E-state index is 12.5. The van der Waals surface area contributed by atoms with Crippen LogP contribution in [0.15, 0.2) is 0 Å². The van der Waals surface area contributed by atoms with E-state index in [0.29, 0.717) is 24.9 Å². The minimum absolute atomic E-state index is 0.163. The molecule has 0 bridgehead atoms. The number of alkyl halides is 1. The fraction of sp³-hybridized carbons (Fsp3) is 1.00. The molecule has 2 unspecified atom stereocenters. The molecule has 7 heteroatoms. The lowest BCUT2D eigenvalue weighted by Crippen LogP contribution is -2.50. The highest BCUT2D eigenvalue weighted by Gasteiger charge is 2.35. The molecule has 0 aromatic rings. The van der Waals surface area contributed by atoms with Crippen molar-refractivity contribution in [3.8, 4) is 0 Å². The molecule has 106 valence electrons. The number of hydrogen-bond donors (Lipinski definition) is 0. The van der Waals surface area contributed by atoms with Crippen molar-refractivity contribution in [2.45, 2.75) is 25.3 Å². The maximum Gasteiger partial charge on any atom is 0.282 e. The van der Waals surface area contributed by atoms with Gasteiger partial charge in [0, 0.05) is 37.8 Å². The summed E-state index contributed by atoms with van der Waals surface area (Å²) < 4.78 is 28.3. The average molecular weight is 313 g/mol. The lowest BCUT2D eigenvalue weighted by atomic mass is 10.0. The van der Waals surface area contributed by atoms with E-state index in [2.05, 4.69) is 0 Å². The van der Waals surface area contributed by atoms with Crippen molar-refractivity contribution in [2.75, 3.05) is 37.5 Å². The minimum Gasteiger partial charge on any atom is -0.195 e. The number of thioether (sulfide) groups is 1. The fourth-order valence-electron chi connectivity index (χ4n) is 2.54. The zero-order valence-corrected chi connectivity index (χ0v) is 13.1. The van der Waals surface area contributed by atoms with E-state index < -0.39 is 10.2 Å². The van der Waals surface area contributed by atoms with Gasteiger partial charge in [-0.15, -0.1) is 11.6 Å². The van der Waals surface area contributed by atoms with Gasteiger partial charge in [-0.2, -0.15) is 28.8 Å². The van der Waals surface area contributed by atoms with E-state index >= 15 is 0 Å². The van der Waals surface area contributed by atoms with Gasteiger partial charge in [-0.25, -0.2) is 0 Å². The topological polar surface area (TPSA) is 40.6 Å². The van der Waals surface area contributed by atoms with Gasteiger partial charge in [0.2, 0.25) is 0 Å². The number of piperidine rings is 1. The standard InChI is InChI=1S/C11H21ClN2O2S2/c1-13(11-4-6-17-9-11)18(15,16)14-5-2-3-10(7-12)8-14/h10-11H,2-9H2,1H3. The first-order valence-electron chi connectivity index (χ1n) is 6.42. The Hall–Kier alpha value is 0.510. The Morgan fingerprint density at radius 2 is 2.22 bits per heavy atom. The van der Waals surface area contributed by atoms with Crippen molar-refractivity contribution in [3.05, 3.63) is 0 Å². The Morgan fingerprint density at radius 3 is 2.83 bits per heavy atom. The quantitative estimate of drug-likeness (QED) is 0.741. The van der Waals surface area contributed by atoms with Crippen molar-refractivity contribution in [1.82, 2.24) is 8.61 Å².